The molecule has 21 heavy (non-hydrogen) atoms. The van der Waals surface area contributed by atoms with Crippen molar-refractivity contribution in [1.82, 2.24) is 4.31 Å². The molecule has 7 nitrogen and oxygen atoms in total. The SMILES string of the molecule is COc1ccc(OC)c(S(=O)(=O)N(C)CCCC(=O)O)c1. The van der Waals surface area contributed by atoms with Crippen molar-refractivity contribution < 1.29 is 27.8 Å². The van der Waals surface area contributed by atoms with Gasteiger partial charge in [-0.05, 0) is 18.6 Å². The molecule has 0 aliphatic carbocycles. The fraction of sp³-hybridized carbons (Fsp3) is 0.462. The third-order valence-corrected chi connectivity index (χ3v) is 4.80. The van der Waals surface area contributed by atoms with Gasteiger partial charge in [-0.3, -0.25) is 4.79 Å². The summed E-state index contributed by atoms with van der Waals surface area (Å²) >= 11 is 0. The number of carboxylic acid groups (broad SMARTS) is 1. The maximum Gasteiger partial charge on any atom is 0.303 e. The Kier molecular flexibility index (Phi) is 5.98. The van der Waals surface area contributed by atoms with E-state index in [2.05, 4.69) is 0 Å². The number of ether oxygens (including phenoxy) is 2. The molecule has 0 atom stereocenters. The minimum absolute atomic E-state index is 0.0119. The van der Waals surface area contributed by atoms with Crippen molar-refractivity contribution in [3.63, 3.8) is 0 Å². The van der Waals surface area contributed by atoms with Gasteiger partial charge in [0, 0.05) is 26.1 Å². The lowest BCUT2D eigenvalue weighted by molar-refractivity contribution is -0.137. The zero-order valence-corrected chi connectivity index (χ0v) is 13.0. The number of nitrogens with zero attached hydrogens (tertiary/aromatic N) is 1. The number of hydrogen-bond donors (Lipinski definition) is 1. The molecule has 1 rings (SSSR count). The van der Waals surface area contributed by atoms with Crippen LogP contribution in [0.25, 0.3) is 0 Å². The van der Waals surface area contributed by atoms with Crippen LogP contribution in [0.5, 0.6) is 11.5 Å². The second kappa shape index (κ2) is 7.28. The molecular formula is C13H19NO6S. The molecule has 1 N–H and O–H groups in total. The summed E-state index contributed by atoms with van der Waals surface area (Å²) in [5.74, 6) is -0.353. The van der Waals surface area contributed by atoms with Gasteiger partial charge in [-0.1, -0.05) is 0 Å². The predicted octanol–water partition coefficient (Wildman–Crippen LogP) is 1.19. The van der Waals surface area contributed by atoms with Crippen LogP contribution in [0.3, 0.4) is 0 Å². The topological polar surface area (TPSA) is 93.1 Å². The van der Waals surface area contributed by atoms with Crippen LogP contribution in [0.15, 0.2) is 23.1 Å². The molecule has 8 heteroatoms. The Hall–Kier alpha value is -1.80. The van der Waals surface area contributed by atoms with E-state index in [1.54, 1.807) is 6.07 Å². The van der Waals surface area contributed by atoms with Crippen LogP contribution in [-0.4, -0.2) is 51.6 Å². The highest BCUT2D eigenvalue weighted by molar-refractivity contribution is 7.89. The summed E-state index contributed by atoms with van der Waals surface area (Å²) < 4.78 is 36.2. The summed E-state index contributed by atoms with van der Waals surface area (Å²) in [6.07, 6.45) is 0.145. The van der Waals surface area contributed by atoms with E-state index < -0.39 is 16.0 Å². The van der Waals surface area contributed by atoms with E-state index in [-0.39, 0.29) is 30.0 Å². The number of sulfonamides is 1. The summed E-state index contributed by atoms with van der Waals surface area (Å²) in [6.45, 7) is 0.106. The van der Waals surface area contributed by atoms with E-state index in [1.165, 1.54) is 33.4 Å². The number of hydrogen-bond acceptors (Lipinski definition) is 5. The van der Waals surface area contributed by atoms with Crippen molar-refractivity contribution in [3.8, 4) is 11.5 Å². The zero-order chi connectivity index (χ0) is 16.0. The molecule has 118 valence electrons. The number of carboxylic acids is 1. The van der Waals surface area contributed by atoms with Crippen molar-refractivity contribution in [1.29, 1.82) is 0 Å². The normalized spacial score (nSPS) is 11.4. The third-order valence-electron chi connectivity index (χ3n) is 2.92. The van der Waals surface area contributed by atoms with Crippen LogP contribution >= 0.6 is 0 Å². The van der Waals surface area contributed by atoms with Crippen LogP contribution in [0, 0.1) is 0 Å². The fourth-order valence-corrected chi connectivity index (χ4v) is 3.10. The van der Waals surface area contributed by atoms with Gasteiger partial charge in [0.05, 0.1) is 14.2 Å². The standard InChI is InChI=1S/C13H19NO6S/c1-14(8-4-5-13(15)16)21(17,18)12-9-10(19-2)6-7-11(12)20-3/h6-7,9H,4-5,8H2,1-3H3,(H,15,16). The molecule has 1 aromatic carbocycles. The highest BCUT2D eigenvalue weighted by Crippen LogP contribution is 2.30. The highest BCUT2D eigenvalue weighted by Gasteiger charge is 2.25. The molecule has 0 amide bonds. The molecule has 0 fully saturated rings. The highest BCUT2D eigenvalue weighted by atomic mass is 32.2. The third kappa shape index (κ3) is 4.33. The summed E-state index contributed by atoms with van der Waals surface area (Å²) in [6, 6.07) is 4.49. The van der Waals surface area contributed by atoms with Crippen LogP contribution < -0.4 is 9.47 Å². The quantitative estimate of drug-likeness (QED) is 0.774. The van der Waals surface area contributed by atoms with Crippen molar-refractivity contribution >= 4 is 16.0 Å². The van der Waals surface area contributed by atoms with Crippen LogP contribution in [0.1, 0.15) is 12.8 Å². The van der Waals surface area contributed by atoms with Gasteiger partial charge in [0.2, 0.25) is 10.0 Å². The number of aliphatic carboxylic acids is 1. The number of methoxy groups -OCH3 is 2. The maximum atomic E-state index is 12.5. The van der Waals surface area contributed by atoms with Gasteiger partial charge in [-0.25, -0.2) is 12.7 Å². The minimum atomic E-state index is -3.78. The van der Waals surface area contributed by atoms with Crippen LogP contribution in [-0.2, 0) is 14.8 Å². The lowest BCUT2D eigenvalue weighted by Gasteiger charge is -2.19. The van der Waals surface area contributed by atoms with E-state index in [4.69, 9.17) is 14.6 Å². The summed E-state index contributed by atoms with van der Waals surface area (Å²) in [7, 11) is 0.442. The lowest BCUT2D eigenvalue weighted by atomic mass is 10.3. The van der Waals surface area contributed by atoms with E-state index in [0.717, 1.165) is 4.31 Å². The van der Waals surface area contributed by atoms with Crippen LogP contribution in [0.2, 0.25) is 0 Å². The summed E-state index contributed by atoms with van der Waals surface area (Å²) in [5, 5.41) is 8.59. The lowest BCUT2D eigenvalue weighted by Crippen LogP contribution is -2.28. The van der Waals surface area contributed by atoms with Crippen molar-refractivity contribution in [2.45, 2.75) is 17.7 Å². The maximum absolute atomic E-state index is 12.5. The van der Waals surface area contributed by atoms with E-state index >= 15 is 0 Å². The van der Waals surface area contributed by atoms with Crippen molar-refractivity contribution in [3.05, 3.63) is 18.2 Å². The molecular weight excluding hydrogens is 298 g/mol. The monoisotopic (exact) mass is 317 g/mol. The van der Waals surface area contributed by atoms with Gasteiger partial charge in [0.1, 0.15) is 16.4 Å². The average molecular weight is 317 g/mol. The van der Waals surface area contributed by atoms with Gasteiger partial charge in [-0.15, -0.1) is 0 Å². The van der Waals surface area contributed by atoms with Gasteiger partial charge < -0.3 is 14.6 Å². The first-order valence-corrected chi connectivity index (χ1v) is 7.67. The van der Waals surface area contributed by atoms with Gasteiger partial charge >= 0.3 is 5.97 Å². The smallest absolute Gasteiger partial charge is 0.303 e. The van der Waals surface area contributed by atoms with Gasteiger partial charge in [-0.2, -0.15) is 0 Å². The Bertz CT molecular complexity index is 599. The molecule has 0 radical (unpaired) electrons. The zero-order valence-electron chi connectivity index (χ0n) is 12.2. The van der Waals surface area contributed by atoms with E-state index in [0.29, 0.717) is 5.75 Å². The van der Waals surface area contributed by atoms with Gasteiger partial charge in [0.15, 0.2) is 0 Å². The average Bonchev–Trinajstić information content (AvgIpc) is 2.45. The molecule has 0 bridgehead atoms. The molecule has 0 saturated heterocycles. The molecule has 1 aromatic rings. The van der Waals surface area contributed by atoms with E-state index in [1.807, 2.05) is 0 Å². The van der Waals surface area contributed by atoms with Crippen LogP contribution in [0.4, 0.5) is 0 Å². The van der Waals surface area contributed by atoms with Crippen molar-refractivity contribution in [2.75, 3.05) is 27.8 Å². The largest absolute Gasteiger partial charge is 0.497 e. The molecule has 0 unspecified atom stereocenters. The predicted molar refractivity (Wildman–Crippen MR) is 76.2 cm³/mol. The Morgan fingerprint density at radius 1 is 1.29 bits per heavy atom. The number of carbonyl (C=O) groups is 1. The Morgan fingerprint density at radius 2 is 1.95 bits per heavy atom. The summed E-state index contributed by atoms with van der Waals surface area (Å²) in [5.41, 5.74) is 0. The molecule has 0 aliphatic rings. The second-order valence-electron chi connectivity index (χ2n) is 4.34. The second-order valence-corrected chi connectivity index (χ2v) is 6.35. The Morgan fingerprint density at radius 3 is 2.48 bits per heavy atom. The van der Waals surface area contributed by atoms with E-state index in [9.17, 15) is 13.2 Å². The number of rotatable bonds is 8. The number of benzene rings is 1. The minimum Gasteiger partial charge on any atom is -0.497 e. The van der Waals surface area contributed by atoms with Gasteiger partial charge in [0.25, 0.3) is 0 Å². The first-order chi connectivity index (χ1) is 9.82. The van der Waals surface area contributed by atoms with Crippen molar-refractivity contribution in [2.24, 2.45) is 0 Å². The molecule has 0 aliphatic heterocycles. The Labute approximate surface area is 124 Å². The summed E-state index contributed by atoms with van der Waals surface area (Å²) in [4.78, 5) is 10.5. The first-order valence-electron chi connectivity index (χ1n) is 6.23. The molecule has 0 heterocycles. The Balaban J connectivity index is 3.03. The fourth-order valence-electron chi connectivity index (χ4n) is 1.73. The molecule has 0 saturated carbocycles. The molecule has 0 aromatic heterocycles. The first kappa shape index (κ1) is 17.3. The molecule has 0 spiro atoms.